The normalized spacial score (nSPS) is 10.3. The van der Waals surface area contributed by atoms with Crippen LogP contribution in [0.3, 0.4) is 0 Å². The zero-order valence-electron chi connectivity index (χ0n) is 14.0. The van der Waals surface area contributed by atoms with E-state index >= 15 is 0 Å². The van der Waals surface area contributed by atoms with Gasteiger partial charge in [0.25, 0.3) is 0 Å². The number of rotatable bonds is 4. The average Bonchev–Trinajstić information content (AvgIpc) is 2.58. The number of benzene rings is 1. The van der Waals surface area contributed by atoms with Crippen LogP contribution < -0.4 is 5.32 Å². The Hall–Kier alpha value is -2.44. The monoisotopic (exact) mass is 395 g/mol. The second-order valence-corrected chi connectivity index (χ2v) is 5.75. The van der Waals surface area contributed by atoms with E-state index in [2.05, 4.69) is 15.3 Å². The number of ether oxygens (including phenoxy) is 1. The fourth-order valence-electron chi connectivity index (χ4n) is 2.40. The summed E-state index contributed by atoms with van der Waals surface area (Å²) in [5.41, 5.74) is 2.23. The van der Waals surface area contributed by atoms with Gasteiger partial charge < -0.3 is 10.1 Å². The first kappa shape index (κ1) is 19.9. The molecule has 0 spiro atoms. The van der Waals surface area contributed by atoms with E-state index in [1.54, 1.807) is 19.1 Å². The Morgan fingerprint density at radius 1 is 1.31 bits per heavy atom. The lowest BCUT2D eigenvalue weighted by Gasteiger charge is -2.15. The molecule has 0 amide bonds. The van der Waals surface area contributed by atoms with Crippen LogP contribution >= 0.6 is 24.0 Å². The average molecular weight is 396 g/mol. The van der Waals surface area contributed by atoms with Crippen molar-refractivity contribution in [2.24, 2.45) is 0 Å². The number of aromatic nitrogens is 2. The molecule has 26 heavy (non-hydrogen) atoms. The fourth-order valence-corrected chi connectivity index (χ4v) is 2.56. The van der Waals surface area contributed by atoms with E-state index in [0.29, 0.717) is 27.4 Å². The minimum atomic E-state index is -0.535. The molecular weight excluding hydrogens is 380 g/mol. The predicted octanol–water partition coefficient (Wildman–Crippen LogP) is 5.07. The van der Waals surface area contributed by atoms with Crippen molar-refractivity contribution in [2.45, 2.75) is 13.8 Å². The summed E-state index contributed by atoms with van der Waals surface area (Å²) in [4.78, 5) is 20.9. The molecule has 0 atom stereocenters. The van der Waals surface area contributed by atoms with Crippen molar-refractivity contribution in [3.05, 3.63) is 58.6 Å². The molecule has 2 aromatic heterocycles. The van der Waals surface area contributed by atoms with Crippen LogP contribution in [0.15, 0.2) is 36.5 Å². The van der Waals surface area contributed by atoms with Gasteiger partial charge in [0.05, 0.1) is 23.0 Å². The number of halogens is 3. The fraction of sp³-hybridized carbons (Fsp3) is 0.167. The smallest absolute Gasteiger partial charge is 0.341 e. The third-order valence-electron chi connectivity index (χ3n) is 3.55. The summed E-state index contributed by atoms with van der Waals surface area (Å²) in [6, 6.07) is 7.55. The summed E-state index contributed by atoms with van der Waals surface area (Å²) in [6.07, 6.45) is 1.39. The first-order chi connectivity index (χ1) is 12.0. The topological polar surface area (TPSA) is 64.1 Å². The molecule has 8 heteroatoms. The van der Waals surface area contributed by atoms with E-state index in [1.165, 1.54) is 24.4 Å². The molecule has 3 rings (SSSR count). The van der Waals surface area contributed by atoms with Crippen molar-refractivity contribution in [1.29, 1.82) is 0 Å². The van der Waals surface area contributed by atoms with Crippen molar-refractivity contribution in [2.75, 3.05) is 11.9 Å². The van der Waals surface area contributed by atoms with Crippen molar-refractivity contribution in [3.63, 3.8) is 0 Å². The van der Waals surface area contributed by atoms with E-state index in [4.69, 9.17) is 16.3 Å². The van der Waals surface area contributed by atoms with Gasteiger partial charge in [0.2, 0.25) is 0 Å². The van der Waals surface area contributed by atoms with Gasteiger partial charge in [-0.15, -0.1) is 12.4 Å². The highest BCUT2D eigenvalue weighted by Gasteiger charge is 2.18. The van der Waals surface area contributed by atoms with Crippen LogP contribution in [-0.2, 0) is 4.74 Å². The molecule has 0 saturated heterocycles. The van der Waals surface area contributed by atoms with Gasteiger partial charge in [-0.25, -0.2) is 19.2 Å². The van der Waals surface area contributed by atoms with Gasteiger partial charge in [-0.1, -0.05) is 11.6 Å². The van der Waals surface area contributed by atoms with Gasteiger partial charge >= 0.3 is 5.97 Å². The van der Waals surface area contributed by atoms with Crippen molar-refractivity contribution in [3.8, 4) is 0 Å². The third kappa shape index (κ3) is 4.03. The van der Waals surface area contributed by atoms with Crippen molar-refractivity contribution >= 4 is 52.4 Å². The summed E-state index contributed by atoms with van der Waals surface area (Å²) in [5, 5.41) is 3.96. The SMILES string of the molecule is CCOC(=O)c1cnc2nc(C)ccc2c1Nc1cc(F)ccc1Cl.Cl. The lowest BCUT2D eigenvalue weighted by atomic mass is 10.1. The van der Waals surface area contributed by atoms with E-state index in [9.17, 15) is 9.18 Å². The maximum Gasteiger partial charge on any atom is 0.341 e. The Labute approximate surface area is 161 Å². The number of fused-ring (bicyclic) bond motifs is 1. The highest BCUT2D eigenvalue weighted by atomic mass is 35.5. The van der Waals surface area contributed by atoms with Gasteiger partial charge in [0, 0.05) is 17.3 Å². The summed E-state index contributed by atoms with van der Waals surface area (Å²) >= 11 is 6.14. The minimum absolute atomic E-state index is 0. The Bertz CT molecular complexity index is 967. The van der Waals surface area contributed by atoms with Crippen LogP contribution in [0.25, 0.3) is 11.0 Å². The Kier molecular flexibility index (Phi) is 6.34. The number of carbonyl (C=O) groups is 1. The number of aryl methyl sites for hydroxylation is 1. The van der Waals surface area contributed by atoms with Gasteiger partial charge in [-0.2, -0.15) is 0 Å². The van der Waals surface area contributed by atoms with E-state index in [-0.39, 0.29) is 24.6 Å². The van der Waals surface area contributed by atoms with Gasteiger partial charge in [-0.05, 0) is 44.2 Å². The lowest BCUT2D eigenvalue weighted by molar-refractivity contribution is 0.0527. The number of nitrogens with one attached hydrogen (secondary N) is 1. The Balaban J connectivity index is 0.00000243. The summed E-state index contributed by atoms with van der Waals surface area (Å²) in [7, 11) is 0. The minimum Gasteiger partial charge on any atom is -0.462 e. The molecule has 3 aromatic rings. The van der Waals surface area contributed by atoms with Crippen LogP contribution in [0, 0.1) is 12.7 Å². The number of carbonyl (C=O) groups excluding carboxylic acids is 1. The van der Waals surface area contributed by atoms with Gasteiger partial charge in [-0.3, -0.25) is 0 Å². The molecule has 0 aliphatic heterocycles. The largest absolute Gasteiger partial charge is 0.462 e. The van der Waals surface area contributed by atoms with Gasteiger partial charge in [0.1, 0.15) is 11.4 Å². The molecule has 0 saturated carbocycles. The first-order valence-electron chi connectivity index (χ1n) is 7.65. The van der Waals surface area contributed by atoms with E-state index < -0.39 is 11.8 Å². The molecule has 0 fully saturated rings. The summed E-state index contributed by atoms with van der Waals surface area (Å²) in [6.45, 7) is 3.79. The van der Waals surface area contributed by atoms with E-state index in [1.807, 2.05) is 6.92 Å². The molecular formula is C18H16Cl2FN3O2. The number of hydrogen-bond donors (Lipinski definition) is 1. The zero-order chi connectivity index (χ0) is 18.0. The number of anilines is 2. The number of pyridine rings is 2. The third-order valence-corrected chi connectivity index (χ3v) is 3.88. The quantitative estimate of drug-likeness (QED) is 0.624. The summed E-state index contributed by atoms with van der Waals surface area (Å²) in [5.74, 6) is -0.982. The highest BCUT2D eigenvalue weighted by molar-refractivity contribution is 6.33. The molecule has 5 nitrogen and oxygen atoms in total. The van der Waals surface area contributed by atoms with Gasteiger partial charge in [0.15, 0.2) is 5.65 Å². The lowest BCUT2D eigenvalue weighted by Crippen LogP contribution is -2.10. The van der Waals surface area contributed by atoms with Crippen LogP contribution in [0.2, 0.25) is 5.02 Å². The number of nitrogens with zero attached hydrogens (tertiary/aromatic N) is 2. The first-order valence-corrected chi connectivity index (χ1v) is 8.03. The molecule has 0 radical (unpaired) electrons. The maximum atomic E-state index is 13.6. The Morgan fingerprint density at radius 3 is 2.81 bits per heavy atom. The van der Waals surface area contributed by atoms with Crippen LogP contribution in [0.5, 0.6) is 0 Å². The predicted molar refractivity (Wildman–Crippen MR) is 102 cm³/mol. The standard InChI is InChI=1S/C18H15ClFN3O2.ClH/c1-3-25-18(24)13-9-21-17-12(6-4-10(2)22-17)16(13)23-15-8-11(20)5-7-14(15)19;/h4-9H,3H2,1-2H3,(H,21,22,23);1H. The Morgan fingerprint density at radius 2 is 2.08 bits per heavy atom. The maximum absolute atomic E-state index is 13.6. The molecule has 0 aliphatic carbocycles. The van der Waals surface area contributed by atoms with E-state index in [0.717, 1.165) is 5.69 Å². The summed E-state index contributed by atoms with van der Waals surface area (Å²) < 4.78 is 18.7. The van der Waals surface area contributed by atoms with Crippen molar-refractivity contribution < 1.29 is 13.9 Å². The number of hydrogen-bond acceptors (Lipinski definition) is 5. The number of esters is 1. The molecule has 0 aliphatic rings. The van der Waals surface area contributed by atoms with Crippen LogP contribution in [0.4, 0.5) is 15.8 Å². The highest BCUT2D eigenvalue weighted by Crippen LogP contribution is 2.32. The van der Waals surface area contributed by atoms with Crippen LogP contribution in [-0.4, -0.2) is 22.5 Å². The molecule has 136 valence electrons. The molecule has 0 unspecified atom stereocenters. The molecule has 1 N–H and O–H groups in total. The second kappa shape index (κ2) is 8.29. The van der Waals surface area contributed by atoms with Crippen LogP contribution in [0.1, 0.15) is 23.0 Å². The molecule has 1 aromatic carbocycles. The molecule has 0 bridgehead atoms. The molecule has 2 heterocycles. The zero-order valence-corrected chi connectivity index (χ0v) is 15.6. The van der Waals surface area contributed by atoms with Crippen molar-refractivity contribution in [1.82, 2.24) is 9.97 Å². The second-order valence-electron chi connectivity index (χ2n) is 5.34.